The number of likely N-dealkylation sites (tertiary alicyclic amines) is 1. The van der Waals surface area contributed by atoms with Gasteiger partial charge in [0.25, 0.3) is 5.91 Å². The zero-order chi connectivity index (χ0) is 21.7. The van der Waals surface area contributed by atoms with Gasteiger partial charge in [-0.3, -0.25) is 9.59 Å². The number of anilines is 3. The largest absolute Gasteiger partial charge is 0.364 e. The Bertz CT molecular complexity index is 927. The third kappa shape index (κ3) is 5.11. The third-order valence-electron chi connectivity index (χ3n) is 5.00. The van der Waals surface area contributed by atoms with Gasteiger partial charge in [-0.1, -0.05) is 32.6 Å². The highest BCUT2D eigenvalue weighted by atomic mass is 16.2. The van der Waals surface area contributed by atoms with Crippen LogP contribution in [-0.2, 0) is 4.79 Å². The average Bonchev–Trinajstić information content (AvgIpc) is 2.73. The zero-order valence-corrected chi connectivity index (χ0v) is 17.3. The van der Waals surface area contributed by atoms with Crippen LogP contribution in [0.3, 0.4) is 0 Å². The van der Waals surface area contributed by atoms with Crippen molar-refractivity contribution in [3.63, 3.8) is 0 Å². The van der Waals surface area contributed by atoms with E-state index in [-0.39, 0.29) is 29.4 Å². The molecule has 1 aliphatic heterocycles. The van der Waals surface area contributed by atoms with Crippen molar-refractivity contribution in [2.75, 3.05) is 23.7 Å². The van der Waals surface area contributed by atoms with Crippen LogP contribution in [-0.4, -0.2) is 51.0 Å². The van der Waals surface area contributed by atoms with Gasteiger partial charge in [0.1, 0.15) is 0 Å². The number of rotatable bonds is 7. The Morgan fingerprint density at radius 1 is 1.27 bits per heavy atom. The van der Waals surface area contributed by atoms with Gasteiger partial charge in [-0.25, -0.2) is 0 Å². The Morgan fingerprint density at radius 2 is 2.00 bits per heavy atom. The minimum absolute atomic E-state index is 0.0259. The molecule has 0 spiro atoms. The number of aromatic nitrogens is 3. The summed E-state index contributed by atoms with van der Waals surface area (Å²) in [7, 11) is 0. The maximum absolute atomic E-state index is 11.9. The number of hydrogen-bond donors (Lipinski definition) is 3. The molecule has 1 aliphatic rings. The summed E-state index contributed by atoms with van der Waals surface area (Å²) in [5.74, 6) is 0.0891. The van der Waals surface area contributed by atoms with Crippen LogP contribution in [0.25, 0.3) is 0 Å². The molecule has 2 amide bonds. The monoisotopic (exact) mass is 409 g/mol. The summed E-state index contributed by atoms with van der Waals surface area (Å²) in [6.45, 7) is 8.99. The van der Waals surface area contributed by atoms with Crippen molar-refractivity contribution >= 4 is 29.3 Å². The minimum atomic E-state index is -0.719. The quantitative estimate of drug-likeness (QED) is 0.600. The predicted molar refractivity (Wildman–Crippen MR) is 116 cm³/mol. The van der Waals surface area contributed by atoms with Gasteiger partial charge in [0.15, 0.2) is 11.5 Å². The number of primary amides is 1. The molecule has 3 rings (SSSR count). The minimum Gasteiger partial charge on any atom is -0.364 e. The Labute approximate surface area is 175 Å². The van der Waals surface area contributed by atoms with E-state index in [1.54, 1.807) is 4.90 Å². The van der Waals surface area contributed by atoms with E-state index in [1.807, 2.05) is 24.3 Å². The van der Waals surface area contributed by atoms with Crippen LogP contribution in [0.4, 0.5) is 17.5 Å². The molecule has 0 bridgehead atoms. The van der Waals surface area contributed by atoms with Gasteiger partial charge in [-0.15, -0.1) is 10.2 Å². The molecule has 9 nitrogen and oxygen atoms in total. The average molecular weight is 409 g/mol. The second-order valence-electron chi connectivity index (χ2n) is 7.57. The highest BCUT2D eigenvalue weighted by Gasteiger charge is 2.23. The van der Waals surface area contributed by atoms with Crippen molar-refractivity contribution in [1.29, 1.82) is 0 Å². The van der Waals surface area contributed by atoms with Crippen molar-refractivity contribution in [3.05, 3.63) is 48.2 Å². The van der Waals surface area contributed by atoms with Crippen LogP contribution in [0, 0.1) is 0 Å². The molecule has 4 N–H and O–H groups in total. The lowest BCUT2D eigenvalue weighted by Gasteiger charge is -2.32. The summed E-state index contributed by atoms with van der Waals surface area (Å²) in [4.78, 5) is 29.8. The molecule has 0 saturated carbocycles. The van der Waals surface area contributed by atoms with Gasteiger partial charge in [0.2, 0.25) is 11.9 Å². The first-order valence-electron chi connectivity index (χ1n) is 9.96. The number of nitrogens with zero attached hydrogens (tertiary/aromatic N) is 4. The molecule has 0 radical (unpaired) electrons. The number of hydrogen-bond acceptors (Lipinski definition) is 7. The van der Waals surface area contributed by atoms with Crippen LogP contribution in [0.5, 0.6) is 0 Å². The second kappa shape index (κ2) is 9.34. The van der Waals surface area contributed by atoms with E-state index in [9.17, 15) is 9.59 Å². The molecule has 1 saturated heterocycles. The molecule has 1 aromatic carbocycles. The summed E-state index contributed by atoms with van der Waals surface area (Å²) in [5, 5.41) is 14.2. The van der Waals surface area contributed by atoms with Crippen LogP contribution in [0.15, 0.2) is 36.9 Å². The van der Waals surface area contributed by atoms with Crippen molar-refractivity contribution in [1.82, 2.24) is 20.1 Å². The fourth-order valence-electron chi connectivity index (χ4n) is 3.34. The highest BCUT2D eigenvalue weighted by molar-refractivity contribution is 5.96. The van der Waals surface area contributed by atoms with Crippen LogP contribution >= 0.6 is 0 Å². The first-order valence-corrected chi connectivity index (χ1v) is 9.96. The molecule has 9 heteroatoms. The number of piperidine rings is 1. The second-order valence-corrected chi connectivity index (χ2v) is 7.57. The molecule has 0 aliphatic carbocycles. The number of amides is 2. The Hall–Kier alpha value is -3.49. The Morgan fingerprint density at radius 3 is 2.63 bits per heavy atom. The zero-order valence-electron chi connectivity index (χ0n) is 17.3. The molecule has 2 heterocycles. The van der Waals surface area contributed by atoms with Crippen molar-refractivity contribution in [2.24, 2.45) is 5.73 Å². The fraction of sp³-hybridized carbons (Fsp3) is 0.381. The molecule has 1 fully saturated rings. The van der Waals surface area contributed by atoms with Gasteiger partial charge in [-0.2, -0.15) is 4.98 Å². The van der Waals surface area contributed by atoms with Gasteiger partial charge in [0.05, 0.1) is 0 Å². The summed E-state index contributed by atoms with van der Waals surface area (Å²) >= 11 is 0. The summed E-state index contributed by atoms with van der Waals surface area (Å²) < 4.78 is 0. The topological polar surface area (TPSA) is 126 Å². The molecule has 0 unspecified atom stereocenters. The van der Waals surface area contributed by atoms with E-state index in [4.69, 9.17) is 5.73 Å². The number of benzene rings is 1. The molecule has 2 aromatic rings. The van der Waals surface area contributed by atoms with Crippen LogP contribution in [0.1, 0.15) is 48.7 Å². The van der Waals surface area contributed by atoms with E-state index < -0.39 is 5.91 Å². The van der Waals surface area contributed by atoms with Gasteiger partial charge in [-0.05, 0) is 42.5 Å². The maximum Gasteiger partial charge on any atom is 0.273 e. The lowest BCUT2D eigenvalue weighted by molar-refractivity contribution is -0.127. The van der Waals surface area contributed by atoms with Crippen molar-refractivity contribution in [2.45, 2.75) is 38.6 Å². The molecule has 158 valence electrons. The summed E-state index contributed by atoms with van der Waals surface area (Å²) in [6.07, 6.45) is 3.04. The normalized spacial score (nSPS) is 16.2. The van der Waals surface area contributed by atoms with Crippen LogP contribution in [0.2, 0.25) is 0 Å². The Kier molecular flexibility index (Phi) is 6.61. The molecular weight excluding hydrogens is 382 g/mol. The number of nitrogens with one attached hydrogen (secondary N) is 2. The predicted octanol–water partition coefficient (Wildman–Crippen LogP) is 2.43. The van der Waals surface area contributed by atoms with Gasteiger partial charge >= 0.3 is 0 Å². The van der Waals surface area contributed by atoms with Crippen molar-refractivity contribution in [3.8, 4) is 0 Å². The van der Waals surface area contributed by atoms with Crippen molar-refractivity contribution < 1.29 is 9.59 Å². The van der Waals surface area contributed by atoms with E-state index >= 15 is 0 Å². The lowest BCUT2D eigenvalue weighted by atomic mass is 10.0. The number of nitrogens with two attached hydrogens (primary N) is 1. The highest BCUT2D eigenvalue weighted by Crippen LogP contribution is 2.22. The number of carbonyl (C=O) groups is 2. The number of carbonyl (C=O) groups excluding carboxylic acids is 2. The van der Waals surface area contributed by atoms with Crippen LogP contribution < -0.4 is 16.4 Å². The fourth-order valence-corrected chi connectivity index (χ4v) is 3.34. The first kappa shape index (κ1) is 21.2. The lowest BCUT2D eigenvalue weighted by Crippen LogP contribution is -2.44. The SMILES string of the molecule is C=CC(=O)N1CCC[C@@H](Nc2nnc(C(N)=O)c(Nc3ccc(C(C)C)cc3)n2)C1. The van der Waals surface area contributed by atoms with E-state index in [0.717, 1.165) is 18.5 Å². The van der Waals surface area contributed by atoms with E-state index in [1.165, 1.54) is 11.6 Å². The van der Waals surface area contributed by atoms with Gasteiger partial charge in [0, 0.05) is 24.8 Å². The van der Waals surface area contributed by atoms with Gasteiger partial charge < -0.3 is 21.3 Å². The van der Waals surface area contributed by atoms with E-state index in [2.05, 4.69) is 46.2 Å². The molecule has 30 heavy (non-hydrogen) atoms. The summed E-state index contributed by atoms with van der Waals surface area (Å²) in [5.41, 5.74) is 7.36. The third-order valence-corrected chi connectivity index (χ3v) is 5.00. The first-order chi connectivity index (χ1) is 14.4. The Balaban J connectivity index is 1.78. The molecular formula is C21H27N7O2. The maximum atomic E-state index is 11.9. The standard InChI is InChI=1S/C21H27N7O2/c1-4-17(29)28-11-5-6-16(12-28)24-21-25-20(18(19(22)30)26-27-21)23-15-9-7-14(8-10-15)13(2)3/h4,7-10,13,16H,1,5-6,11-12H2,2-3H3,(H2,22,30)(H2,23,24,25,27)/t16-/m1/s1. The molecule has 1 atom stereocenters. The molecule has 1 aromatic heterocycles. The van der Waals surface area contributed by atoms with E-state index in [0.29, 0.717) is 19.0 Å². The smallest absolute Gasteiger partial charge is 0.273 e. The summed E-state index contributed by atoms with van der Waals surface area (Å²) in [6, 6.07) is 7.82.